The van der Waals surface area contributed by atoms with Crippen molar-refractivity contribution in [2.75, 3.05) is 11.4 Å². The van der Waals surface area contributed by atoms with Crippen LogP contribution < -0.4 is 4.90 Å². The summed E-state index contributed by atoms with van der Waals surface area (Å²) in [5, 5.41) is 9.00. The van der Waals surface area contributed by atoms with E-state index in [2.05, 4.69) is 0 Å². The molecule has 0 saturated carbocycles. The molecule has 0 aliphatic rings. The van der Waals surface area contributed by atoms with E-state index in [0.717, 1.165) is 4.90 Å². The number of aryl methyl sites for hydroxylation is 1. The Morgan fingerprint density at radius 2 is 1.81 bits per heavy atom. The van der Waals surface area contributed by atoms with Crippen molar-refractivity contribution in [2.45, 2.75) is 6.92 Å². The number of hydrogen-bond acceptors (Lipinski definition) is 2. The molecular weight excluding hydrogens is 273 g/mol. The fraction of sp³-hybridized carbons (Fsp3) is 0.125. The molecule has 0 unspecified atom stereocenters. The normalized spacial score (nSPS) is 10.2. The van der Waals surface area contributed by atoms with E-state index < -0.39 is 24.2 Å². The lowest BCUT2D eigenvalue weighted by atomic mass is 10.1. The van der Waals surface area contributed by atoms with Gasteiger partial charge in [0.2, 0.25) is 0 Å². The Morgan fingerprint density at radius 1 is 1.14 bits per heavy atom. The van der Waals surface area contributed by atoms with Crippen molar-refractivity contribution in [3.8, 4) is 0 Å². The third-order valence-electron chi connectivity index (χ3n) is 3.03. The van der Waals surface area contributed by atoms with Gasteiger partial charge in [0.25, 0.3) is 5.91 Å². The Labute approximate surface area is 121 Å². The lowest BCUT2D eigenvalue weighted by molar-refractivity contribution is -0.135. The van der Waals surface area contributed by atoms with Crippen molar-refractivity contribution in [2.24, 2.45) is 0 Å². The molecule has 2 aromatic rings. The highest BCUT2D eigenvalue weighted by atomic mass is 19.1. The van der Waals surface area contributed by atoms with Crippen molar-refractivity contribution in [3.63, 3.8) is 0 Å². The lowest BCUT2D eigenvalue weighted by Crippen LogP contribution is -2.36. The number of nitrogens with zero attached hydrogens (tertiary/aromatic N) is 1. The number of benzene rings is 2. The molecule has 0 heterocycles. The van der Waals surface area contributed by atoms with Crippen LogP contribution in [0.2, 0.25) is 0 Å². The standard InChI is InChI=1S/C16H14FNO3/c1-11-9-12(17)7-8-14(11)16(21)18(10-15(19)20)13-5-3-2-4-6-13/h2-9H,10H2,1H3,(H,19,20). The number of aliphatic carboxylic acids is 1. The lowest BCUT2D eigenvalue weighted by Gasteiger charge is -2.21. The molecular formula is C16H14FNO3. The highest BCUT2D eigenvalue weighted by molar-refractivity contribution is 6.09. The number of carbonyl (C=O) groups is 2. The van der Waals surface area contributed by atoms with E-state index in [1.165, 1.54) is 18.2 Å². The van der Waals surface area contributed by atoms with Crippen molar-refractivity contribution in [1.29, 1.82) is 0 Å². The molecule has 2 rings (SSSR count). The Morgan fingerprint density at radius 3 is 2.38 bits per heavy atom. The molecule has 4 nitrogen and oxygen atoms in total. The summed E-state index contributed by atoms with van der Waals surface area (Å²) < 4.78 is 13.1. The summed E-state index contributed by atoms with van der Waals surface area (Å²) in [7, 11) is 0. The largest absolute Gasteiger partial charge is 0.480 e. The van der Waals surface area contributed by atoms with Crippen LogP contribution in [0.4, 0.5) is 10.1 Å². The second-order valence-electron chi connectivity index (χ2n) is 4.58. The monoisotopic (exact) mass is 287 g/mol. The molecule has 0 fully saturated rings. The minimum atomic E-state index is -1.12. The van der Waals surface area contributed by atoms with Gasteiger partial charge in [0, 0.05) is 11.3 Å². The van der Waals surface area contributed by atoms with Gasteiger partial charge in [0.15, 0.2) is 0 Å². The van der Waals surface area contributed by atoms with Gasteiger partial charge in [-0.15, -0.1) is 0 Å². The summed E-state index contributed by atoms with van der Waals surface area (Å²) in [6.07, 6.45) is 0. The zero-order valence-corrected chi connectivity index (χ0v) is 11.4. The summed E-state index contributed by atoms with van der Waals surface area (Å²) in [4.78, 5) is 24.7. The topological polar surface area (TPSA) is 57.6 Å². The number of carboxylic acids is 1. The van der Waals surface area contributed by atoms with Crippen LogP contribution in [0, 0.1) is 12.7 Å². The number of halogens is 1. The molecule has 5 heteroatoms. The van der Waals surface area contributed by atoms with E-state index in [1.54, 1.807) is 37.3 Å². The van der Waals surface area contributed by atoms with Crippen LogP contribution in [-0.2, 0) is 4.79 Å². The molecule has 0 aliphatic heterocycles. The summed E-state index contributed by atoms with van der Waals surface area (Å²) in [6.45, 7) is 1.15. The molecule has 0 aliphatic carbocycles. The SMILES string of the molecule is Cc1cc(F)ccc1C(=O)N(CC(=O)O)c1ccccc1. The van der Waals surface area contributed by atoms with E-state index in [9.17, 15) is 14.0 Å². The van der Waals surface area contributed by atoms with Crippen molar-refractivity contribution >= 4 is 17.6 Å². The quantitative estimate of drug-likeness (QED) is 0.940. The first-order chi connectivity index (χ1) is 9.99. The highest BCUT2D eigenvalue weighted by Gasteiger charge is 2.21. The predicted molar refractivity (Wildman–Crippen MR) is 76.9 cm³/mol. The van der Waals surface area contributed by atoms with Crippen LogP contribution >= 0.6 is 0 Å². The molecule has 0 spiro atoms. The van der Waals surface area contributed by atoms with E-state index in [4.69, 9.17) is 5.11 Å². The fourth-order valence-corrected chi connectivity index (χ4v) is 2.04. The zero-order chi connectivity index (χ0) is 15.4. The Balaban J connectivity index is 2.41. The van der Waals surface area contributed by atoms with Crippen LogP contribution in [-0.4, -0.2) is 23.5 Å². The molecule has 1 amide bonds. The summed E-state index contributed by atoms with van der Waals surface area (Å²) in [5.74, 6) is -2.03. The van der Waals surface area contributed by atoms with Gasteiger partial charge < -0.3 is 5.11 Å². The van der Waals surface area contributed by atoms with Gasteiger partial charge in [0.05, 0.1) is 0 Å². The number of carbonyl (C=O) groups excluding carboxylic acids is 1. The second-order valence-corrected chi connectivity index (χ2v) is 4.58. The number of para-hydroxylation sites is 1. The predicted octanol–water partition coefficient (Wildman–Crippen LogP) is 2.87. The zero-order valence-electron chi connectivity index (χ0n) is 11.4. The van der Waals surface area contributed by atoms with E-state index in [-0.39, 0.29) is 5.56 Å². The van der Waals surface area contributed by atoms with Crippen molar-refractivity contribution in [3.05, 3.63) is 65.5 Å². The molecule has 21 heavy (non-hydrogen) atoms. The number of carboxylic acid groups (broad SMARTS) is 1. The molecule has 0 radical (unpaired) electrons. The molecule has 1 N–H and O–H groups in total. The van der Waals surface area contributed by atoms with Crippen LogP contribution in [0.15, 0.2) is 48.5 Å². The minimum absolute atomic E-state index is 0.279. The second kappa shape index (κ2) is 6.17. The molecule has 0 bridgehead atoms. The molecule has 0 saturated heterocycles. The van der Waals surface area contributed by atoms with Crippen LogP contribution in [0.5, 0.6) is 0 Å². The first kappa shape index (κ1) is 14.7. The van der Waals surface area contributed by atoms with Crippen molar-refractivity contribution < 1.29 is 19.1 Å². The fourth-order valence-electron chi connectivity index (χ4n) is 2.04. The minimum Gasteiger partial charge on any atom is -0.480 e. The Hall–Kier alpha value is -2.69. The number of rotatable bonds is 4. The first-order valence-corrected chi connectivity index (χ1v) is 6.34. The summed E-state index contributed by atoms with van der Waals surface area (Å²) in [5.41, 5.74) is 1.22. The third kappa shape index (κ3) is 3.45. The number of anilines is 1. The highest BCUT2D eigenvalue weighted by Crippen LogP contribution is 2.19. The van der Waals surface area contributed by atoms with Gasteiger partial charge in [-0.3, -0.25) is 14.5 Å². The molecule has 0 atom stereocenters. The third-order valence-corrected chi connectivity index (χ3v) is 3.03. The first-order valence-electron chi connectivity index (χ1n) is 6.34. The Bertz CT molecular complexity index is 670. The van der Waals surface area contributed by atoms with Crippen molar-refractivity contribution in [1.82, 2.24) is 0 Å². The Kier molecular flexibility index (Phi) is 4.33. The van der Waals surface area contributed by atoms with Crippen LogP contribution in [0.3, 0.4) is 0 Å². The number of amides is 1. The van der Waals surface area contributed by atoms with Gasteiger partial charge in [-0.25, -0.2) is 4.39 Å². The van der Waals surface area contributed by atoms with E-state index in [1.807, 2.05) is 0 Å². The summed E-state index contributed by atoms with van der Waals surface area (Å²) in [6, 6.07) is 12.3. The van der Waals surface area contributed by atoms with Gasteiger partial charge in [0.1, 0.15) is 12.4 Å². The average molecular weight is 287 g/mol. The van der Waals surface area contributed by atoms with Gasteiger partial charge in [-0.2, -0.15) is 0 Å². The molecule has 2 aromatic carbocycles. The summed E-state index contributed by atoms with van der Waals surface area (Å²) >= 11 is 0. The van der Waals surface area contributed by atoms with Gasteiger partial charge in [-0.05, 0) is 42.8 Å². The van der Waals surface area contributed by atoms with Gasteiger partial charge in [-0.1, -0.05) is 18.2 Å². The van der Waals surface area contributed by atoms with Crippen LogP contribution in [0.1, 0.15) is 15.9 Å². The van der Waals surface area contributed by atoms with Crippen LogP contribution in [0.25, 0.3) is 0 Å². The maximum absolute atomic E-state index is 13.1. The maximum Gasteiger partial charge on any atom is 0.323 e. The number of hydrogen-bond donors (Lipinski definition) is 1. The maximum atomic E-state index is 13.1. The smallest absolute Gasteiger partial charge is 0.323 e. The van der Waals surface area contributed by atoms with E-state index >= 15 is 0 Å². The van der Waals surface area contributed by atoms with Gasteiger partial charge >= 0.3 is 5.97 Å². The average Bonchev–Trinajstić information content (AvgIpc) is 2.45. The van der Waals surface area contributed by atoms with E-state index in [0.29, 0.717) is 11.3 Å². The molecule has 0 aromatic heterocycles. The molecule has 108 valence electrons.